The number of rotatable bonds is 16. The van der Waals surface area contributed by atoms with Crippen LogP contribution in [0.2, 0.25) is 0 Å². The number of hydrogen-bond donors (Lipinski definition) is 0. The summed E-state index contributed by atoms with van der Waals surface area (Å²) in [6, 6.07) is 167. The molecule has 0 N–H and O–H groups in total. The Balaban J connectivity index is 0.577. The van der Waals surface area contributed by atoms with Crippen LogP contribution in [-0.4, -0.2) is 106 Å². The summed E-state index contributed by atoms with van der Waals surface area (Å²) >= 11 is 0. The first-order valence-corrected chi connectivity index (χ1v) is 52.9. The highest BCUT2D eigenvalue weighted by atomic mass is 28.3. The van der Waals surface area contributed by atoms with Crippen molar-refractivity contribution in [2.75, 3.05) is 0 Å². The fourth-order valence-corrected chi connectivity index (χ4v) is 33.4. The van der Waals surface area contributed by atoms with Crippen molar-refractivity contribution in [1.29, 1.82) is 0 Å². The second-order valence-electron chi connectivity index (χ2n) is 37.5. The minimum atomic E-state index is -3.40. The Bertz CT molecular complexity index is 10700. The third-order valence-corrected chi connectivity index (χ3v) is 39.4. The Kier molecular flexibility index (Phi) is 17.5. The van der Waals surface area contributed by atoms with Crippen LogP contribution in [-0.2, 0) is 0 Å². The minimum Gasteiger partial charge on any atom is -0.456 e. The molecule has 0 amide bonds. The zero-order chi connectivity index (χ0) is 95.6. The van der Waals surface area contributed by atoms with Gasteiger partial charge in [-0.3, -0.25) is 26.7 Å². The van der Waals surface area contributed by atoms with Crippen LogP contribution in [0.15, 0.2) is 472 Å². The first-order chi connectivity index (χ1) is 72.4. The van der Waals surface area contributed by atoms with E-state index in [2.05, 4.69) is 495 Å². The van der Waals surface area contributed by atoms with Gasteiger partial charge in [0, 0.05) is 38.4 Å². The quantitative estimate of drug-likeness (QED) is 0.0662. The van der Waals surface area contributed by atoms with E-state index in [9.17, 15) is 0 Å². The summed E-state index contributed by atoms with van der Waals surface area (Å²) in [5.74, 6) is 5.27. The van der Waals surface area contributed by atoms with Crippen LogP contribution in [0.1, 0.15) is 0 Å². The molecule has 0 aliphatic carbocycles. The van der Waals surface area contributed by atoms with Crippen molar-refractivity contribution in [3.63, 3.8) is 0 Å². The Labute approximate surface area is 832 Å². The lowest BCUT2D eigenvalue weighted by molar-refractivity contribution is 0.671. The molecule has 31 rings (SSSR count). The molecule has 0 atom stereocenters. The average Bonchev–Trinajstić information content (AvgIpc) is 1.62. The van der Waals surface area contributed by atoms with Gasteiger partial charge < -0.3 is 4.42 Å². The largest absolute Gasteiger partial charge is 0.456 e. The second kappa shape index (κ2) is 31.4. The molecule has 682 valence electrons. The predicted molar refractivity (Wildman–Crippen MR) is 591 cm³/mol. The van der Waals surface area contributed by atoms with Crippen molar-refractivity contribution in [1.82, 2.24) is 90.3 Å². The van der Waals surface area contributed by atoms with E-state index < -0.39 is 16.1 Å². The molecule has 20 nitrogen and oxygen atoms in total. The highest BCUT2D eigenvalue weighted by Gasteiger charge is 2.46. The Morgan fingerprint density at radius 2 is 0.493 bits per heavy atom. The number of aromatic nitrogens is 19. The van der Waals surface area contributed by atoms with Gasteiger partial charge in [0.15, 0.2) is 27.8 Å². The summed E-state index contributed by atoms with van der Waals surface area (Å²) in [5.41, 5.74) is 22.8. The standard InChI is InChI=1S/C124H77N19OSi2/c1-5-38-83(39-6-1)145(84-40-7-2-8-41-84,89-48-33-37-82(77-89)135-102-59-22-23-60-103(102)137-100-57-20-16-53-94(100)125-121(135)137)87-46-31-35-80(73-87)116-131-119(141-107-64-27-24-61-104(107)138-101-58-21-17-54-95(101)126-122(138)141)134-120(132-116)143-109-66-29-26-63-106(109)140-111-76-79(70-72-97(111)128-124(140)143)78-69-71-96-110(75-78)139-105-62-25-28-65-108(105)142(123(139)127-96)118-130-115(129-117(133-118)136-98-55-18-13-49-90(98)91-50-14-19-56-99(91)136)81-36-32-47-88(74-81)146(85-42-9-3-10-43-85,86-44-11-4-12-45-86)113-68-34-52-93-92-51-15-30-67-112(92)144-114(93)113/h1-77H. The second-order valence-corrected chi connectivity index (χ2v) is 45.1. The lowest BCUT2D eigenvalue weighted by atomic mass is 10.0. The highest BCUT2D eigenvalue weighted by Crippen LogP contribution is 2.41. The summed E-state index contributed by atoms with van der Waals surface area (Å²) in [6.07, 6.45) is 0. The molecule has 0 unspecified atom stereocenters. The fraction of sp³-hybridized carbons (Fsp3) is 0. The third-order valence-electron chi connectivity index (χ3n) is 29.8. The number of furan rings is 1. The molecule has 0 aliphatic heterocycles. The molecule has 0 aliphatic rings. The smallest absolute Gasteiger partial charge is 0.242 e. The lowest BCUT2D eigenvalue weighted by Gasteiger charge is -2.35. The van der Waals surface area contributed by atoms with Gasteiger partial charge in [0.05, 0.1) is 99.3 Å². The first kappa shape index (κ1) is 81.2. The first-order valence-electron chi connectivity index (χ1n) is 48.9. The van der Waals surface area contributed by atoms with Crippen LogP contribution in [0.3, 0.4) is 0 Å². The molecule has 0 saturated carbocycles. The molecule has 31 aromatic rings. The number of para-hydroxylation sites is 16. The Morgan fingerprint density at radius 1 is 0.178 bits per heavy atom. The molecule has 22 heteroatoms. The number of imidazole rings is 8. The van der Waals surface area contributed by atoms with Crippen LogP contribution in [0.4, 0.5) is 0 Å². The summed E-state index contributed by atoms with van der Waals surface area (Å²) in [7, 11) is -6.75. The van der Waals surface area contributed by atoms with Gasteiger partial charge in [-0.2, -0.15) is 29.9 Å². The van der Waals surface area contributed by atoms with Crippen molar-refractivity contribution in [2.45, 2.75) is 0 Å². The van der Waals surface area contributed by atoms with Crippen LogP contribution in [0, 0.1) is 0 Å². The van der Waals surface area contributed by atoms with Crippen molar-refractivity contribution in [2.24, 2.45) is 0 Å². The fourth-order valence-electron chi connectivity index (χ4n) is 23.6. The van der Waals surface area contributed by atoms with E-state index in [1.54, 1.807) is 0 Å². The van der Waals surface area contributed by atoms with Crippen molar-refractivity contribution in [3.05, 3.63) is 467 Å². The van der Waals surface area contributed by atoms with Crippen LogP contribution >= 0.6 is 0 Å². The van der Waals surface area contributed by atoms with Gasteiger partial charge >= 0.3 is 0 Å². The molecule has 146 heavy (non-hydrogen) atoms. The molecule has 0 fully saturated rings. The van der Waals surface area contributed by atoms with Gasteiger partial charge in [0.25, 0.3) is 0 Å². The maximum Gasteiger partial charge on any atom is 0.242 e. The van der Waals surface area contributed by atoms with E-state index in [1.165, 1.54) is 25.9 Å². The third kappa shape index (κ3) is 11.7. The van der Waals surface area contributed by atoms with E-state index in [0.29, 0.717) is 52.8 Å². The zero-order valence-corrected chi connectivity index (χ0v) is 79.9. The predicted octanol–water partition coefficient (Wildman–Crippen LogP) is 21.8. The van der Waals surface area contributed by atoms with Crippen molar-refractivity contribution >= 4 is 213 Å². The lowest BCUT2D eigenvalue weighted by Crippen LogP contribution is -2.74. The number of fused-ring (bicyclic) bond motifs is 26. The van der Waals surface area contributed by atoms with Crippen molar-refractivity contribution < 1.29 is 4.42 Å². The van der Waals surface area contributed by atoms with Crippen molar-refractivity contribution in [3.8, 4) is 63.4 Å². The average molecular weight is 1910 g/mol. The van der Waals surface area contributed by atoms with Gasteiger partial charge in [-0.15, -0.1) is 0 Å². The molecule has 19 aromatic carbocycles. The molecule has 0 saturated heterocycles. The molecule has 0 radical (unpaired) electrons. The molecule has 0 bridgehead atoms. The molecule has 12 heterocycles. The summed E-state index contributed by atoms with van der Waals surface area (Å²) in [4.78, 5) is 56.4. The Hall–Kier alpha value is -19.7. The van der Waals surface area contributed by atoms with Crippen LogP contribution < -0.4 is 41.5 Å². The summed E-state index contributed by atoms with van der Waals surface area (Å²) in [5, 5.41) is 13.7. The summed E-state index contributed by atoms with van der Waals surface area (Å²) < 4.78 is 26.9. The molecule has 12 aromatic heterocycles. The maximum absolute atomic E-state index is 7.10. The van der Waals surface area contributed by atoms with Gasteiger partial charge in [-0.25, -0.2) is 33.6 Å². The monoisotopic (exact) mass is 1900 g/mol. The van der Waals surface area contributed by atoms with E-state index in [4.69, 9.17) is 54.3 Å². The molecular formula is C124H77N19OSi2. The van der Waals surface area contributed by atoms with E-state index >= 15 is 0 Å². The molecule has 0 spiro atoms. The van der Waals surface area contributed by atoms with Gasteiger partial charge in [-0.1, -0.05) is 340 Å². The SMILES string of the molecule is c1ccc([Si](c2ccccc2)(c2cccc(-c3nc(-n4c5ccccc5n5c6ccccc6nc45)nc(-n4c5ccccc5n5c6cc(-c7ccc8nc9n(-c%10nc(-c%11cccc([Si](c%12ccccc%12)(c%12ccccc%12)c%12cccc%13c%12oc%12ccccc%12%13)c%11)nc(-n%11c%12ccccc%12c%12ccccc%12%11)n%10)c%10ccccc%10n9c8c7)ccc6nc45)n3)c2)c2cccc(-n3c4ccccc4n4c5ccccc5nc34)c2)cc1. The highest BCUT2D eigenvalue weighted by molar-refractivity contribution is 7.21. The van der Waals surface area contributed by atoms with Gasteiger partial charge in [0.1, 0.15) is 11.2 Å². The number of benzene rings is 19. The van der Waals surface area contributed by atoms with Gasteiger partial charge in [0.2, 0.25) is 46.9 Å². The number of nitrogens with zero attached hydrogens (tertiary/aromatic N) is 19. The number of hydrogen-bond acceptors (Lipinski definition) is 11. The Morgan fingerprint density at radius 3 is 0.945 bits per heavy atom. The van der Waals surface area contributed by atoms with E-state index in [1.807, 2.05) is 12.1 Å². The van der Waals surface area contributed by atoms with E-state index in [0.717, 1.165) is 181 Å². The maximum atomic E-state index is 7.10. The normalized spacial score (nSPS) is 12.4. The topological polar surface area (TPSA) is 184 Å². The van der Waals surface area contributed by atoms with E-state index in [-0.39, 0.29) is 0 Å². The summed E-state index contributed by atoms with van der Waals surface area (Å²) in [6.45, 7) is 0. The minimum absolute atomic E-state index is 0.364. The van der Waals surface area contributed by atoms with Crippen LogP contribution in [0.25, 0.3) is 219 Å². The zero-order valence-electron chi connectivity index (χ0n) is 77.9. The van der Waals surface area contributed by atoms with Gasteiger partial charge in [-0.05, 0) is 180 Å². The van der Waals surface area contributed by atoms with Crippen LogP contribution in [0.5, 0.6) is 0 Å². The molecular weight excluding hydrogens is 1830 g/mol.